The van der Waals surface area contributed by atoms with E-state index in [-0.39, 0.29) is 35.9 Å². The number of cyclic esters (lactones) is 1. The standard InChI is InChI=1S/C28H29N5O5/c29-22-8-5-19(6-9-22)11-14-30-27(34)20-7-10-25(26(17-20)33(36)37)31-15-12-23(13-16-31)32-24-4-2-1-3-21(24)18-38-28(32)35/h1-10,17,23H,11-16,18,29H2,(H,30,34). The smallest absolute Gasteiger partial charge is 0.414 e. The highest BCUT2D eigenvalue weighted by Crippen LogP contribution is 2.35. The van der Waals surface area contributed by atoms with Crippen LogP contribution in [0.4, 0.5) is 27.5 Å². The van der Waals surface area contributed by atoms with Crippen LogP contribution in [-0.2, 0) is 17.8 Å². The molecule has 0 spiro atoms. The second-order valence-corrected chi connectivity index (χ2v) is 9.48. The lowest BCUT2D eigenvalue weighted by Gasteiger charge is -2.40. The molecule has 2 heterocycles. The first-order valence-corrected chi connectivity index (χ1v) is 12.6. The Balaban J connectivity index is 1.24. The van der Waals surface area contributed by atoms with Crippen LogP contribution < -0.4 is 20.9 Å². The molecular formula is C28H29N5O5. The lowest BCUT2D eigenvalue weighted by atomic mass is 9.99. The third kappa shape index (κ3) is 5.24. The number of para-hydroxylation sites is 1. The van der Waals surface area contributed by atoms with Crippen molar-refractivity contribution in [1.29, 1.82) is 0 Å². The van der Waals surface area contributed by atoms with Crippen LogP contribution in [0.3, 0.4) is 0 Å². The molecule has 0 saturated carbocycles. The van der Waals surface area contributed by atoms with Crippen molar-refractivity contribution in [2.24, 2.45) is 0 Å². The van der Waals surface area contributed by atoms with Gasteiger partial charge in [-0.25, -0.2) is 4.79 Å². The number of carbonyl (C=O) groups excluding carboxylic acids is 2. The summed E-state index contributed by atoms with van der Waals surface area (Å²) >= 11 is 0. The molecule has 38 heavy (non-hydrogen) atoms. The highest BCUT2D eigenvalue weighted by Gasteiger charge is 2.35. The topological polar surface area (TPSA) is 131 Å². The molecule has 0 radical (unpaired) electrons. The fraction of sp³-hybridized carbons (Fsp3) is 0.286. The Morgan fingerprint density at radius 2 is 1.79 bits per heavy atom. The average molecular weight is 516 g/mol. The summed E-state index contributed by atoms with van der Waals surface area (Å²) < 4.78 is 5.37. The Hall–Kier alpha value is -4.60. The Morgan fingerprint density at radius 1 is 1.05 bits per heavy atom. The lowest BCUT2D eigenvalue weighted by molar-refractivity contribution is -0.384. The predicted octanol–water partition coefficient (Wildman–Crippen LogP) is 4.28. The molecule has 10 heteroatoms. The van der Waals surface area contributed by atoms with E-state index in [1.54, 1.807) is 29.2 Å². The number of nitro groups is 1. The minimum Gasteiger partial charge on any atom is -0.444 e. The molecule has 1 fully saturated rings. The molecule has 3 aromatic rings. The number of benzene rings is 3. The van der Waals surface area contributed by atoms with Crippen LogP contribution in [0, 0.1) is 10.1 Å². The Labute approximate surface area is 220 Å². The van der Waals surface area contributed by atoms with E-state index in [0.717, 1.165) is 16.8 Å². The number of fused-ring (bicyclic) bond motifs is 1. The number of nitrogen functional groups attached to an aromatic ring is 1. The van der Waals surface area contributed by atoms with Crippen LogP contribution in [0.5, 0.6) is 0 Å². The predicted molar refractivity (Wildman–Crippen MR) is 144 cm³/mol. The molecular weight excluding hydrogens is 486 g/mol. The number of hydrogen-bond donors (Lipinski definition) is 2. The summed E-state index contributed by atoms with van der Waals surface area (Å²) in [6.45, 7) is 1.72. The zero-order valence-corrected chi connectivity index (χ0v) is 20.8. The van der Waals surface area contributed by atoms with Gasteiger partial charge in [0.15, 0.2) is 0 Å². The van der Waals surface area contributed by atoms with E-state index < -0.39 is 4.92 Å². The highest BCUT2D eigenvalue weighted by molar-refractivity contribution is 5.96. The Morgan fingerprint density at radius 3 is 2.53 bits per heavy atom. The van der Waals surface area contributed by atoms with E-state index in [9.17, 15) is 19.7 Å². The molecule has 0 atom stereocenters. The number of amides is 2. The average Bonchev–Trinajstić information content (AvgIpc) is 2.94. The van der Waals surface area contributed by atoms with Crippen molar-refractivity contribution < 1.29 is 19.2 Å². The quantitative estimate of drug-likeness (QED) is 0.273. The first kappa shape index (κ1) is 25.1. The summed E-state index contributed by atoms with van der Waals surface area (Å²) in [4.78, 5) is 40.4. The molecule has 5 rings (SSSR count). The van der Waals surface area contributed by atoms with Crippen molar-refractivity contribution in [1.82, 2.24) is 5.32 Å². The van der Waals surface area contributed by atoms with Crippen LogP contribution in [0.2, 0.25) is 0 Å². The lowest BCUT2D eigenvalue weighted by Crippen LogP contribution is -2.49. The van der Waals surface area contributed by atoms with E-state index in [4.69, 9.17) is 10.5 Å². The summed E-state index contributed by atoms with van der Waals surface area (Å²) in [6.07, 6.45) is 1.53. The van der Waals surface area contributed by atoms with Gasteiger partial charge in [-0.05, 0) is 55.2 Å². The Bertz CT molecular complexity index is 1350. The Kier molecular flexibility index (Phi) is 7.12. The zero-order chi connectivity index (χ0) is 26.6. The number of carbonyl (C=O) groups is 2. The van der Waals surface area contributed by atoms with Gasteiger partial charge < -0.3 is 20.7 Å². The van der Waals surface area contributed by atoms with Gasteiger partial charge >= 0.3 is 6.09 Å². The molecule has 0 aromatic heterocycles. The van der Waals surface area contributed by atoms with Crippen LogP contribution in [0.15, 0.2) is 66.7 Å². The molecule has 3 N–H and O–H groups in total. The third-order valence-corrected chi connectivity index (χ3v) is 7.08. The summed E-state index contributed by atoms with van der Waals surface area (Å²) in [7, 11) is 0. The van der Waals surface area contributed by atoms with Gasteiger partial charge in [0.05, 0.1) is 10.6 Å². The number of nitrogens with one attached hydrogen (secondary N) is 1. The van der Waals surface area contributed by atoms with Gasteiger partial charge in [-0.15, -0.1) is 0 Å². The van der Waals surface area contributed by atoms with Crippen LogP contribution >= 0.6 is 0 Å². The van der Waals surface area contributed by atoms with E-state index in [2.05, 4.69) is 5.32 Å². The van der Waals surface area contributed by atoms with Gasteiger partial charge in [-0.2, -0.15) is 0 Å². The van der Waals surface area contributed by atoms with Crippen molar-refractivity contribution >= 4 is 34.7 Å². The molecule has 2 aliphatic rings. The minimum atomic E-state index is -0.454. The van der Waals surface area contributed by atoms with Crippen molar-refractivity contribution in [2.45, 2.75) is 31.9 Å². The van der Waals surface area contributed by atoms with Crippen LogP contribution in [-0.4, -0.2) is 42.6 Å². The molecule has 0 bridgehead atoms. The summed E-state index contributed by atoms with van der Waals surface area (Å²) in [5, 5.41) is 14.8. The van der Waals surface area contributed by atoms with Crippen LogP contribution in [0.1, 0.15) is 34.3 Å². The first-order chi connectivity index (χ1) is 18.4. The third-order valence-electron chi connectivity index (χ3n) is 7.08. The van der Waals surface area contributed by atoms with Gasteiger partial charge in [-0.1, -0.05) is 30.3 Å². The van der Waals surface area contributed by atoms with Crippen LogP contribution in [0.25, 0.3) is 0 Å². The van der Waals surface area contributed by atoms with Gasteiger partial charge in [0.1, 0.15) is 12.3 Å². The molecule has 10 nitrogen and oxygen atoms in total. The molecule has 0 aliphatic carbocycles. The van der Waals surface area contributed by atoms with Crippen molar-refractivity contribution in [3.8, 4) is 0 Å². The number of rotatable bonds is 7. The second kappa shape index (κ2) is 10.8. The molecule has 2 amide bonds. The minimum absolute atomic E-state index is 0.0645. The molecule has 1 saturated heterocycles. The maximum absolute atomic E-state index is 12.7. The first-order valence-electron chi connectivity index (χ1n) is 12.6. The van der Waals surface area contributed by atoms with Crippen molar-refractivity contribution in [3.05, 3.63) is 93.5 Å². The normalized spacial score (nSPS) is 15.5. The largest absolute Gasteiger partial charge is 0.444 e. The fourth-order valence-corrected chi connectivity index (χ4v) is 5.07. The SMILES string of the molecule is Nc1ccc(CCNC(=O)c2ccc(N3CCC(N4C(=O)OCc5ccccc54)CC3)c([N+](=O)[O-])c2)cc1. The number of nitrogens with zero attached hydrogens (tertiary/aromatic N) is 3. The fourth-order valence-electron chi connectivity index (χ4n) is 5.07. The summed E-state index contributed by atoms with van der Waals surface area (Å²) in [5.74, 6) is -0.365. The second-order valence-electron chi connectivity index (χ2n) is 9.48. The number of hydrogen-bond acceptors (Lipinski definition) is 7. The summed E-state index contributed by atoms with van der Waals surface area (Å²) in [5.41, 5.74) is 9.82. The van der Waals surface area contributed by atoms with Gasteiger partial charge in [0.2, 0.25) is 0 Å². The molecule has 3 aromatic carbocycles. The molecule has 2 aliphatic heterocycles. The van der Waals surface area contributed by atoms with Gasteiger partial charge in [0.25, 0.3) is 11.6 Å². The maximum Gasteiger partial charge on any atom is 0.414 e. The number of nitrogens with two attached hydrogens (primary N) is 1. The van der Waals surface area contributed by atoms with Crippen molar-refractivity contribution in [2.75, 3.05) is 35.2 Å². The maximum atomic E-state index is 12.7. The molecule has 0 unspecified atom stereocenters. The summed E-state index contributed by atoms with van der Waals surface area (Å²) in [6, 6.07) is 19.6. The van der Waals surface area contributed by atoms with E-state index in [0.29, 0.717) is 50.3 Å². The number of ether oxygens (including phenoxy) is 1. The highest BCUT2D eigenvalue weighted by atomic mass is 16.6. The number of piperidine rings is 1. The van der Waals surface area contributed by atoms with Crippen molar-refractivity contribution in [3.63, 3.8) is 0 Å². The number of nitro benzene ring substituents is 1. The van der Waals surface area contributed by atoms with E-state index in [1.165, 1.54) is 6.07 Å². The van der Waals surface area contributed by atoms with Gasteiger partial charge in [0, 0.05) is 48.6 Å². The molecule has 196 valence electrons. The van der Waals surface area contributed by atoms with E-state index in [1.807, 2.05) is 41.3 Å². The number of anilines is 3. The zero-order valence-electron chi connectivity index (χ0n) is 20.8. The van der Waals surface area contributed by atoms with Gasteiger partial charge in [-0.3, -0.25) is 19.8 Å². The van der Waals surface area contributed by atoms with E-state index >= 15 is 0 Å². The monoisotopic (exact) mass is 515 g/mol.